The first kappa shape index (κ1) is 17.5. The normalized spacial score (nSPS) is 26.5. The van der Waals surface area contributed by atoms with E-state index in [2.05, 4.69) is 20.3 Å². The summed E-state index contributed by atoms with van der Waals surface area (Å²) in [4.78, 5) is 34.4. The van der Waals surface area contributed by atoms with Crippen molar-refractivity contribution in [2.75, 3.05) is 11.9 Å². The molecule has 3 heterocycles. The van der Waals surface area contributed by atoms with Crippen LogP contribution in [0.25, 0.3) is 11.2 Å². The maximum atomic E-state index is 12.1. The Labute approximate surface area is 141 Å². The van der Waals surface area contributed by atoms with Gasteiger partial charge in [0.25, 0.3) is 5.56 Å². The van der Waals surface area contributed by atoms with Gasteiger partial charge in [0.05, 0.1) is 12.9 Å². The third-order valence-electron chi connectivity index (χ3n) is 3.99. The van der Waals surface area contributed by atoms with Gasteiger partial charge in [0.15, 0.2) is 17.4 Å². The number of rotatable bonds is 4. The quantitative estimate of drug-likeness (QED) is 0.435. The third-order valence-corrected chi connectivity index (χ3v) is 3.99. The molecule has 136 valence electrons. The monoisotopic (exact) mass is 353 g/mol. The number of nitrogens with zero attached hydrogens (tertiary/aromatic N) is 3. The molecule has 3 rings (SSSR count). The van der Waals surface area contributed by atoms with Crippen molar-refractivity contribution in [3.05, 3.63) is 16.7 Å². The van der Waals surface area contributed by atoms with Crippen LogP contribution in [0.5, 0.6) is 0 Å². The van der Waals surface area contributed by atoms with Gasteiger partial charge >= 0.3 is 0 Å². The van der Waals surface area contributed by atoms with Gasteiger partial charge < -0.3 is 20.1 Å². The van der Waals surface area contributed by atoms with Crippen molar-refractivity contribution in [2.24, 2.45) is 5.92 Å². The van der Waals surface area contributed by atoms with Crippen molar-refractivity contribution in [1.82, 2.24) is 19.5 Å². The van der Waals surface area contributed by atoms with E-state index < -0.39 is 36.7 Å². The lowest BCUT2D eigenvalue weighted by Crippen LogP contribution is -2.33. The number of H-pyrrole nitrogens is 1. The SMILES string of the molecule is CC(C)C(=O)Nc1nc2c(ncn2C2OC(CO)C(O)C2O)c(=O)[nH]1. The van der Waals surface area contributed by atoms with E-state index in [4.69, 9.17) is 4.74 Å². The molecule has 0 saturated carbocycles. The first-order valence-electron chi connectivity index (χ1n) is 7.73. The molecule has 11 heteroatoms. The summed E-state index contributed by atoms with van der Waals surface area (Å²) in [5.41, 5.74) is -0.521. The second kappa shape index (κ2) is 6.52. The summed E-state index contributed by atoms with van der Waals surface area (Å²) in [5, 5.41) is 31.7. The predicted molar refractivity (Wildman–Crippen MR) is 84.6 cm³/mol. The summed E-state index contributed by atoms with van der Waals surface area (Å²) >= 11 is 0. The average Bonchev–Trinajstić information content (AvgIpc) is 3.10. The molecule has 1 amide bonds. The highest BCUT2D eigenvalue weighted by molar-refractivity contribution is 5.91. The number of amides is 1. The Bertz CT molecular complexity index is 846. The van der Waals surface area contributed by atoms with Crippen molar-refractivity contribution in [2.45, 2.75) is 38.4 Å². The first-order chi connectivity index (χ1) is 11.8. The van der Waals surface area contributed by atoms with Gasteiger partial charge in [-0.1, -0.05) is 13.8 Å². The van der Waals surface area contributed by atoms with Crippen molar-refractivity contribution < 1.29 is 24.9 Å². The van der Waals surface area contributed by atoms with Gasteiger partial charge in [-0.05, 0) is 0 Å². The summed E-state index contributed by atoms with van der Waals surface area (Å²) in [6.07, 6.45) is -3.46. The Hall–Kier alpha value is -2.34. The number of ether oxygens (including phenoxy) is 1. The van der Waals surface area contributed by atoms with Gasteiger partial charge in [-0.2, -0.15) is 4.98 Å². The molecule has 4 unspecified atom stereocenters. The number of imidazole rings is 1. The molecule has 0 aromatic carbocycles. The molecule has 0 aliphatic carbocycles. The summed E-state index contributed by atoms with van der Waals surface area (Å²) in [6, 6.07) is 0. The number of hydrogen-bond donors (Lipinski definition) is 5. The lowest BCUT2D eigenvalue weighted by Gasteiger charge is -2.16. The van der Waals surface area contributed by atoms with Gasteiger partial charge in [0, 0.05) is 5.92 Å². The maximum Gasteiger partial charge on any atom is 0.280 e. The number of fused-ring (bicyclic) bond motifs is 1. The first-order valence-corrected chi connectivity index (χ1v) is 7.73. The average molecular weight is 353 g/mol. The number of hydrogen-bond acceptors (Lipinski definition) is 8. The Morgan fingerprint density at radius 3 is 2.76 bits per heavy atom. The minimum absolute atomic E-state index is 0.0136. The molecular formula is C14H19N5O6. The summed E-state index contributed by atoms with van der Waals surface area (Å²) in [6.45, 7) is 2.90. The van der Waals surface area contributed by atoms with E-state index in [1.165, 1.54) is 10.9 Å². The van der Waals surface area contributed by atoms with Gasteiger partial charge in [0.1, 0.15) is 18.3 Å². The van der Waals surface area contributed by atoms with Crippen LogP contribution in [0.2, 0.25) is 0 Å². The van der Waals surface area contributed by atoms with Gasteiger partial charge in [0.2, 0.25) is 11.9 Å². The van der Waals surface area contributed by atoms with Crippen LogP contribution >= 0.6 is 0 Å². The van der Waals surface area contributed by atoms with Crippen molar-refractivity contribution in [3.63, 3.8) is 0 Å². The Kier molecular flexibility index (Phi) is 4.56. The predicted octanol–water partition coefficient (Wildman–Crippen LogP) is -1.67. The maximum absolute atomic E-state index is 12.1. The van der Waals surface area contributed by atoms with E-state index in [0.29, 0.717) is 0 Å². The summed E-state index contributed by atoms with van der Waals surface area (Å²) in [5.74, 6) is -0.711. The zero-order valence-corrected chi connectivity index (χ0v) is 13.6. The molecule has 1 fully saturated rings. The fraction of sp³-hybridized carbons (Fsp3) is 0.571. The van der Waals surface area contributed by atoms with Crippen LogP contribution in [-0.2, 0) is 9.53 Å². The zero-order chi connectivity index (χ0) is 18.3. The Morgan fingerprint density at radius 1 is 1.44 bits per heavy atom. The lowest BCUT2D eigenvalue weighted by atomic mass is 10.1. The van der Waals surface area contributed by atoms with Crippen LogP contribution in [0.15, 0.2) is 11.1 Å². The number of aromatic nitrogens is 4. The van der Waals surface area contributed by atoms with Gasteiger partial charge in [-0.15, -0.1) is 0 Å². The van der Waals surface area contributed by atoms with Crippen LogP contribution in [0.4, 0.5) is 5.95 Å². The molecule has 0 bridgehead atoms. The molecule has 0 spiro atoms. The number of aliphatic hydroxyl groups is 3. The number of anilines is 1. The van der Waals surface area contributed by atoms with Crippen LogP contribution in [0, 0.1) is 5.92 Å². The van der Waals surface area contributed by atoms with Crippen LogP contribution in [0.1, 0.15) is 20.1 Å². The molecule has 1 saturated heterocycles. The molecule has 0 radical (unpaired) electrons. The van der Waals surface area contributed by atoms with Crippen molar-refractivity contribution in [1.29, 1.82) is 0 Å². The smallest absolute Gasteiger partial charge is 0.280 e. The highest BCUT2D eigenvalue weighted by Gasteiger charge is 2.44. The minimum atomic E-state index is -1.34. The van der Waals surface area contributed by atoms with Gasteiger partial charge in [-0.3, -0.25) is 24.5 Å². The highest BCUT2D eigenvalue weighted by atomic mass is 16.6. The fourth-order valence-corrected chi connectivity index (χ4v) is 2.54. The van der Waals surface area contributed by atoms with Crippen LogP contribution in [0.3, 0.4) is 0 Å². The topological polar surface area (TPSA) is 163 Å². The number of nitrogens with one attached hydrogen (secondary N) is 2. The second-order valence-corrected chi connectivity index (χ2v) is 6.11. The molecule has 5 N–H and O–H groups in total. The molecular weight excluding hydrogens is 334 g/mol. The van der Waals surface area contributed by atoms with E-state index in [1.54, 1.807) is 13.8 Å². The molecule has 4 atom stereocenters. The Balaban J connectivity index is 2.01. The van der Waals surface area contributed by atoms with Crippen LogP contribution in [-0.4, -0.2) is 65.7 Å². The zero-order valence-electron chi connectivity index (χ0n) is 13.6. The number of carbonyl (C=O) groups excluding carboxylic acids is 1. The number of aromatic amines is 1. The van der Waals surface area contributed by atoms with E-state index >= 15 is 0 Å². The summed E-state index contributed by atoms with van der Waals surface area (Å²) < 4.78 is 6.70. The largest absolute Gasteiger partial charge is 0.394 e. The van der Waals surface area contributed by atoms with E-state index in [0.717, 1.165) is 0 Å². The second-order valence-electron chi connectivity index (χ2n) is 6.11. The van der Waals surface area contributed by atoms with Crippen molar-refractivity contribution >= 4 is 23.0 Å². The number of carbonyl (C=O) groups is 1. The fourth-order valence-electron chi connectivity index (χ4n) is 2.54. The molecule has 2 aromatic rings. The summed E-state index contributed by atoms with van der Waals surface area (Å²) in [7, 11) is 0. The molecule has 25 heavy (non-hydrogen) atoms. The van der Waals surface area contributed by atoms with E-state index in [-0.39, 0.29) is 28.9 Å². The van der Waals surface area contributed by atoms with E-state index in [1.807, 2.05) is 0 Å². The Morgan fingerprint density at radius 2 is 2.16 bits per heavy atom. The minimum Gasteiger partial charge on any atom is -0.394 e. The van der Waals surface area contributed by atoms with Crippen molar-refractivity contribution in [3.8, 4) is 0 Å². The lowest BCUT2D eigenvalue weighted by molar-refractivity contribution is -0.118. The molecule has 2 aromatic heterocycles. The number of aliphatic hydroxyl groups excluding tert-OH is 3. The standard InChI is InChI=1S/C14H19N5O6/c1-5(2)11(23)17-14-16-10-7(12(24)18-14)15-4-19(10)13-9(22)8(21)6(3-20)25-13/h4-6,8-9,13,20-22H,3H2,1-2H3,(H2,16,17,18,23,24). The van der Waals surface area contributed by atoms with Gasteiger partial charge in [-0.25, -0.2) is 4.98 Å². The van der Waals surface area contributed by atoms with Crippen LogP contribution < -0.4 is 10.9 Å². The highest BCUT2D eigenvalue weighted by Crippen LogP contribution is 2.30. The third kappa shape index (κ3) is 3.02. The van der Waals surface area contributed by atoms with E-state index in [9.17, 15) is 24.9 Å². The molecule has 1 aliphatic heterocycles. The molecule has 11 nitrogen and oxygen atoms in total. The molecule has 1 aliphatic rings.